The van der Waals surface area contributed by atoms with Crippen LogP contribution < -0.4 is 5.73 Å². The van der Waals surface area contributed by atoms with Crippen molar-refractivity contribution in [2.24, 2.45) is 5.73 Å². The molecule has 0 radical (unpaired) electrons. The Labute approximate surface area is 79.7 Å². The molecule has 0 bridgehead atoms. The first-order chi connectivity index (χ1) is 6.15. The van der Waals surface area contributed by atoms with Gasteiger partial charge in [0.05, 0.1) is 0 Å². The van der Waals surface area contributed by atoms with E-state index in [1.54, 1.807) is 0 Å². The molecule has 0 aliphatic heterocycles. The number of aliphatic hydroxyl groups excluding tert-OH is 1. The standard InChI is InChI=1S/C8H12F3NO2/c1-4(2)7(13)6(12)5(3)14-8(9,10)11/h13H,12H2,1-3H3/b6-5-. The lowest BCUT2D eigenvalue weighted by Crippen LogP contribution is -2.16. The highest BCUT2D eigenvalue weighted by Crippen LogP contribution is 2.23. The fourth-order valence-electron chi connectivity index (χ4n) is 0.665. The normalized spacial score (nSPS) is 13.3. The first kappa shape index (κ1) is 12.7. The summed E-state index contributed by atoms with van der Waals surface area (Å²) in [6, 6.07) is 0. The fraction of sp³-hybridized carbons (Fsp3) is 0.500. The highest BCUT2D eigenvalue weighted by Gasteiger charge is 2.32. The molecule has 0 rings (SSSR count). The molecule has 0 aliphatic rings. The van der Waals surface area contributed by atoms with Gasteiger partial charge in [-0.15, -0.1) is 13.2 Å². The molecule has 0 aromatic carbocycles. The van der Waals surface area contributed by atoms with Crippen LogP contribution in [0.25, 0.3) is 0 Å². The van der Waals surface area contributed by atoms with Gasteiger partial charge >= 0.3 is 6.36 Å². The summed E-state index contributed by atoms with van der Waals surface area (Å²) in [5.41, 5.74) is 5.21. The minimum Gasteiger partial charge on any atom is -0.506 e. The maximum atomic E-state index is 11.7. The van der Waals surface area contributed by atoms with E-state index in [-0.39, 0.29) is 0 Å². The van der Waals surface area contributed by atoms with Crippen molar-refractivity contribution in [1.82, 2.24) is 0 Å². The lowest BCUT2D eigenvalue weighted by atomic mass is 10.2. The number of aliphatic hydroxyl groups is 1. The summed E-state index contributed by atoms with van der Waals surface area (Å²) in [6.07, 6.45) is -4.80. The number of alkyl halides is 3. The van der Waals surface area contributed by atoms with E-state index in [1.807, 2.05) is 0 Å². The molecule has 0 aromatic heterocycles. The number of nitrogens with two attached hydrogens (primary N) is 1. The van der Waals surface area contributed by atoms with Gasteiger partial charge < -0.3 is 15.6 Å². The monoisotopic (exact) mass is 211 g/mol. The van der Waals surface area contributed by atoms with E-state index < -0.39 is 23.6 Å². The number of ether oxygens (including phenoxy) is 1. The molecule has 0 spiro atoms. The smallest absolute Gasteiger partial charge is 0.506 e. The van der Waals surface area contributed by atoms with E-state index in [0.717, 1.165) is 6.92 Å². The maximum Gasteiger partial charge on any atom is 0.572 e. The van der Waals surface area contributed by atoms with Crippen molar-refractivity contribution in [3.05, 3.63) is 22.8 Å². The molecule has 0 unspecified atom stereocenters. The maximum absolute atomic E-state index is 11.7. The summed E-state index contributed by atoms with van der Waals surface area (Å²) < 4.78 is 38.7. The van der Waals surface area contributed by atoms with Crippen molar-refractivity contribution in [3.8, 4) is 0 Å². The predicted molar refractivity (Wildman–Crippen MR) is 45.0 cm³/mol. The first-order valence-electron chi connectivity index (χ1n) is 3.74. The third-order valence-electron chi connectivity index (χ3n) is 1.38. The van der Waals surface area contributed by atoms with Crippen LogP contribution in [0.5, 0.6) is 0 Å². The molecule has 3 nitrogen and oxygen atoms in total. The van der Waals surface area contributed by atoms with Crippen molar-refractivity contribution in [3.63, 3.8) is 0 Å². The van der Waals surface area contributed by atoms with Gasteiger partial charge in [0.15, 0.2) is 0 Å². The third kappa shape index (κ3) is 4.06. The van der Waals surface area contributed by atoms with Crippen molar-refractivity contribution in [2.75, 3.05) is 0 Å². The SMILES string of the molecule is CC(C)=C(O)/C(N)=C(\C)OC(F)(F)F. The molecule has 0 aromatic rings. The van der Waals surface area contributed by atoms with Gasteiger partial charge in [-0.2, -0.15) is 0 Å². The second-order valence-corrected chi connectivity index (χ2v) is 2.87. The summed E-state index contributed by atoms with van der Waals surface area (Å²) in [6.45, 7) is 4.06. The van der Waals surface area contributed by atoms with Crippen LogP contribution in [0, 0.1) is 0 Å². The Kier molecular flexibility index (Phi) is 3.85. The molecule has 3 N–H and O–H groups in total. The first-order valence-corrected chi connectivity index (χ1v) is 3.74. The van der Waals surface area contributed by atoms with Gasteiger partial charge in [0.25, 0.3) is 0 Å². The highest BCUT2D eigenvalue weighted by atomic mass is 19.4. The molecule has 0 heterocycles. The van der Waals surface area contributed by atoms with Crippen LogP contribution in [-0.4, -0.2) is 11.5 Å². The van der Waals surface area contributed by atoms with Crippen LogP contribution in [0.15, 0.2) is 22.8 Å². The molecule has 0 saturated heterocycles. The molecule has 14 heavy (non-hydrogen) atoms. The topological polar surface area (TPSA) is 55.5 Å². The average Bonchev–Trinajstić information content (AvgIpc) is 1.98. The van der Waals surface area contributed by atoms with E-state index >= 15 is 0 Å². The Hall–Kier alpha value is -1.33. The van der Waals surface area contributed by atoms with E-state index in [2.05, 4.69) is 4.74 Å². The molecule has 0 aliphatic carbocycles. The Morgan fingerprint density at radius 3 is 1.93 bits per heavy atom. The van der Waals surface area contributed by atoms with Gasteiger partial charge in [0, 0.05) is 0 Å². The predicted octanol–water partition coefficient (Wildman–Crippen LogP) is 2.56. The zero-order valence-corrected chi connectivity index (χ0v) is 8.07. The van der Waals surface area contributed by atoms with Crippen LogP contribution >= 0.6 is 0 Å². The van der Waals surface area contributed by atoms with Crippen molar-refractivity contribution in [1.29, 1.82) is 0 Å². The van der Waals surface area contributed by atoms with Crippen LogP contribution in [-0.2, 0) is 4.74 Å². The zero-order valence-electron chi connectivity index (χ0n) is 8.07. The van der Waals surface area contributed by atoms with E-state index in [0.29, 0.717) is 5.57 Å². The number of hydrogen-bond acceptors (Lipinski definition) is 3. The third-order valence-corrected chi connectivity index (χ3v) is 1.38. The second-order valence-electron chi connectivity index (χ2n) is 2.87. The van der Waals surface area contributed by atoms with Crippen LogP contribution in [0.2, 0.25) is 0 Å². The number of allylic oxidation sites excluding steroid dienone is 2. The number of rotatable bonds is 2. The molecule has 82 valence electrons. The van der Waals surface area contributed by atoms with Gasteiger partial charge in [-0.1, -0.05) is 0 Å². The van der Waals surface area contributed by atoms with Crippen molar-refractivity contribution < 1.29 is 23.0 Å². The van der Waals surface area contributed by atoms with Crippen molar-refractivity contribution >= 4 is 0 Å². The van der Waals surface area contributed by atoms with Crippen molar-refractivity contribution in [2.45, 2.75) is 27.1 Å². The summed E-state index contributed by atoms with van der Waals surface area (Å²) >= 11 is 0. The van der Waals surface area contributed by atoms with E-state index in [9.17, 15) is 18.3 Å². The van der Waals surface area contributed by atoms with Gasteiger partial charge in [-0.05, 0) is 26.3 Å². The minimum absolute atomic E-state index is 0.397. The highest BCUT2D eigenvalue weighted by molar-refractivity contribution is 5.27. The minimum atomic E-state index is -4.80. The Bertz CT molecular complexity index is 275. The Balaban J connectivity index is 4.87. The van der Waals surface area contributed by atoms with E-state index in [4.69, 9.17) is 5.73 Å². The average molecular weight is 211 g/mol. The zero-order chi connectivity index (χ0) is 11.5. The molecule has 0 atom stereocenters. The Morgan fingerprint density at radius 1 is 1.21 bits per heavy atom. The molecule has 0 saturated carbocycles. The Morgan fingerprint density at radius 2 is 1.64 bits per heavy atom. The van der Waals surface area contributed by atoms with Gasteiger partial charge in [0.2, 0.25) is 0 Å². The summed E-state index contributed by atoms with van der Waals surface area (Å²) in [7, 11) is 0. The van der Waals surface area contributed by atoms with Crippen LogP contribution in [0.3, 0.4) is 0 Å². The molecule has 0 amide bonds. The summed E-state index contributed by atoms with van der Waals surface area (Å²) in [4.78, 5) is 0. The van der Waals surface area contributed by atoms with Crippen LogP contribution in [0.1, 0.15) is 20.8 Å². The number of halogens is 3. The lowest BCUT2D eigenvalue weighted by molar-refractivity contribution is -0.305. The summed E-state index contributed by atoms with van der Waals surface area (Å²) in [5, 5.41) is 9.21. The van der Waals surface area contributed by atoms with Gasteiger partial charge in [-0.25, -0.2) is 0 Å². The van der Waals surface area contributed by atoms with Crippen LogP contribution in [0.4, 0.5) is 13.2 Å². The lowest BCUT2D eigenvalue weighted by Gasteiger charge is -2.12. The molecule has 0 fully saturated rings. The summed E-state index contributed by atoms with van der Waals surface area (Å²) in [5.74, 6) is -0.969. The fourth-order valence-corrected chi connectivity index (χ4v) is 0.665. The largest absolute Gasteiger partial charge is 0.572 e. The molecule has 6 heteroatoms. The molecular weight excluding hydrogens is 199 g/mol. The van der Waals surface area contributed by atoms with Gasteiger partial charge in [-0.3, -0.25) is 0 Å². The number of hydrogen-bond donors (Lipinski definition) is 2. The quantitative estimate of drug-likeness (QED) is 0.545. The second kappa shape index (κ2) is 4.26. The molecular formula is C8H12F3NO2. The van der Waals surface area contributed by atoms with E-state index in [1.165, 1.54) is 13.8 Å². The van der Waals surface area contributed by atoms with Gasteiger partial charge in [0.1, 0.15) is 17.2 Å².